The van der Waals surface area contributed by atoms with Crippen molar-refractivity contribution in [2.45, 2.75) is 229 Å². The quantitative estimate of drug-likeness (QED) is 0.0637. The van der Waals surface area contributed by atoms with E-state index in [4.69, 9.17) is 37.9 Å². The molecule has 0 spiro atoms. The topological polar surface area (TPSA) is 276 Å². The normalized spacial score (nSPS) is 14.5. The summed E-state index contributed by atoms with van der Waals surface area (Å²) < 4.78 is 45.3. The van der Waals surface area contributed by atoms with Crippen molar-refractivity contribution in [3.05, 3.63) is 29.8 Å². The Morgan fingerprint density at radius 2 is 0.975 bits per heavy atom. The van der Waals surface area contributed by atoms with Gasteiger partial charge in [-0.2, -0.15) is 0 Å². The summed E-state index contributed by atoms with van der Waals surface area (Å²) in [5.74, 6) is 0.139. The third-order valence-corrected chi connectivity index (χ3v) is 9.74. The number of nitrogens with one attached hydrogen (secondary N) is 3. The molecule has 0 radical (unpaired) electrons. The molecule has 24 heteroatoms. The number of ether oxygens (including phenoxy) is 8. The lowest BCUT2D eigenvalue weighted by Gasteiger charge is -2.34. The van der Waals surface area contributed by atoms with E-state index in [2.05, 4.69) is 30.9 Å². The number of alkyl carbamates (subject to hydrolysis) is 3. The van der Waals surface area contributed by atoms with Gasteiger partial charge in [0.05, 0.1) is 25.7 Å². The molecule has 1 heterocycles. The molecule has 1 aromatic rings. The standard InChI is InChI=1S/C57H95N9O15/c1-51(2,3)75-44(67)60-39-36-59-41(66(37-39)50(73)81-57(19,20)21)38-28-30-40(31-29-38)74-35-34-65(49(72)80-56(16,17)18)43(63-47(70)78-54(10,11)12)64(48(71)79-55(13,14)15)33-27-25-23-22-24-26-32-58-42(61-45(68)76-52(4,5)6)62-46(69)77-53(7,8)9/h28-31,39H,22-27,32-37H2,1-21H3,(H,60,67)(H2,58,61,62,68,69). The summed E-state index contributed by atoms with van der Waals surface area (Å²) in [5.41, 5.74) is -5.64. The second-order valence-electron chi connectivity index (χ2n) is 26.2. The number of hydrogen-bond acceptors (Lipinski definition) is 17. The van der Waals surface area contributed by atoms with Crippen molar-refractivity contribution in [2.24, 2.45) is 15.0 Å². The number of hydrogen-bond donors (Lipinski definition) is 3. The molecule has 0 bridgehead atoms. The molecule has 1 unspecified atom stereocenters. The van der Waals surface area contributed by atoms with E-state index in [1.807, 2.05) is 0 Å². The molecule has 0 fully saturated rings. The number of nitrogens with zero attached hydrogens (tertiary/aromatic N) is 6. The highest BCUT2D eigenvalue weighted by Gasteiger charge is 2.37. The van der Waals surface area contributed by atoms with Gasteiger partial charge in [0.15, 0.2) is 0 Å². The molecule has 1 aromatic carbocycles. The van der Waals surface area contributed by atoms with Gasteiger partial charge in [-0.1, -0.05) is 25.7 Å². The first-order valence-electron chi connectivity index (χ1n) is 27.5. The van der Waals surface area contributed by atoms with Gasteiger partial charge in [-0.3, -0.25) is 25.5 Å². The van der Waals surface area contributed by atoms with Crippen LogP contribution in [0.25, 0.3) is 0 Å². The summed E-state index contributed by atoms with van der Waals surface area (Å²) in [6.07, 6.45) is -2.04. The van der Waals surface area contributed by atoms with Crippen molar-refractivity contribution in [2.75, 3.05) is 39.3 Å². The van der Waals surface area contributed by atoms with Crippen molar-refractivity contribution in [3.8, 4) is 5.75 Å². The van der Waals surface area contributed by atoms with Crippen LogP contribution < -0.4 is 20.7 Å². The van der Waals surface area contributed by atoms with Crippen molar-refractivity contribution < 1.29 is 71.5 Å². The van der Waals surface area contributed by atoms with Gasteiger partial charge in [0.1, 0.15) is 57.4 Å². The van der Waals surface area contributed by atoms with Gasteiger partial charge in [-0.15, -0.1) is 4.99 Å². The lowest BCUT2D eigenvalue weighted by Crippen LogP contribution is -2.54. The van der Waals surface area contributed by atoms with Crippen molar-refractivity contribution >= 4 is 60.4 Å². The average Bonchev–Trinajstić information content (AvgIpc) is 3.23. The second-order valence-corrected chi connectivity index (χ2v) is 26.2. The Balaban J connectivity index is 2.43. The lowest BCUT2D eigenvalue weighted by atomic mass is 10.1. The van der Waals surface area contributed by atoms with E-state index in [-0.39, 0.29) is 45.3 Å². The third-order valence-electron chi connectivity index (χ3n) is 9.74. The van der Waals surface area contributed by atoms with Crippen LogP contribution in [-0.2, 0) is 33.2 Å². The lowest BCUT2D eigenvalue weighted by molar-refractivity contribution is 0.0257. The van der Waals surface area contributed by atoms with E-state index < -0.39 is 93.9 Å². The summed E-state index contributed by atoms with van der Waals surface area (Å²) in [7, 11) is 0. The highest BCUT2D eigenvalue weighted by Crippen LogP contribution is 2.23. The number of benzene rings is 1. The molecule has 7 amide bonds. The first-order valence-corrected chi connectivity index (χ1v) is 27.5. The molecule has 81 heavy (non-hydrogen) atoms. The highest BCUT2D eigenvalue weighted by molar-refractivity contribution is 6.07. The Bertz CT molecular complexity index is 2340. The SMILES string of the molecule is CC(C)(C)OC(=O)N=C(N(CCCCCCCCN=C(NC(=O)OC(C)(C)C)NC(=O)OC(C)(C)C)C(=O)OC(C)(C)C)N(CCOc1ccc(C2=NCC(NC(=O)OC(C)(C)C)CN2C(=O)OC(C)(C)C)cc1)C(=O)OC(C)(C)C. The van der Waals surface area contributed by atoms with Crippen molar-refractivity contribution in [1.29, 1.82) is 0 Å². The number of carbonyl (C=O) groups excluding carboxylic acids is 7. The number of amidine groups is 1. The zero-order chi connectivity index (χ0) is 62.0. The summed E-state index contributed by atoms with van der Waals surface area (Å²) in [5, 5.41) is 7.74. The molecule has 2 rings (SSSR count). The first kappa shape index (κ1) is 70.2. The van der Waals surface area contributed by atoms with E-state index in [0.717, 1.165) is 22.6 Å². The number of amides is 7. The van der Waals surface area contributed by atoms with Crippen molar-refractivity contribution in [3.63, 3.8) is 0 Å². The number of carbonyl (C=O) groups is 7. The first-order chi connectivity index (χ1) is 36.9. The number of guanidine groups is 2. The van der Waals surface area contributed by atoms with Crippen LogP contribution in [-0.4, -0.2) is 160 Å². The molecule has 3 N–H and O–H groups in total. The number of unbranched alkanes of at least 4 members (excludes halogenated alkanes) is 5. The summed E-state index contributed by atoms with van der Waals surface area (Å²) in [6, 6.07) is 6.12. The molecule has 458 valence electrons. The van der Waals surface area contributed by atoms with E-state index in [1.54, 1.807) is 170 Å². The maximum Gasteiger partial charge on any atom is 0.437 e. The van der Waals surface area contributed by atoms with Crippen LogP contribution >= 0.6 is 0 Å². The predicted molar refractivity (Wildman–Crippen MR) is 308 cm³/mol. The zero-order valence-electron chi connectivity index (χ0n) is 52.2. The van der Waals surface area contributed by atoms with Gasteiger partial charge in [-0.05, 0) is 183 Å². The van der Waals surface area contributed by atoms with Gasteiger partial charge >= 0.3 is 42.7 Å². The number of aliphatic imine (C=N–C) groups is 3. The smallest absolute Gasteiger partial charge is 0.437 e. The van der Waals surface area contributed by atoms with Gasteiger partial charge in [-0.25, -0.2) is 43.4 Å². The molecular formula is C57H95N9O15. The molecule has 1 aliphatic heterocycles. The fraction of sp³-hybridized carbons (Fsp3) is 0.719. The van der Waals surface area contributed by atoms with Gasteiger partial charge in [0.25, 0.3) is 0 Å². The maximum absolute atomic E-state index is 14.3. The number of rotatable bonds is 15. The van der Waals surface area contributed by atoms with Gasteiger partial charge < -0.3 is 43.2 Å². The van der Waals surface area contributed by atoms with Crippen LogP contribution in [0.15, 0.2) is 39.2 Å². The molecule has 0 aliphatic carbocycles. The highest BCUT2D eigenvalue weighted by atomic mass is 16.6. The summed E-state index contributed by atoms with van der Waals surface area (Å²) in [6.45, 7) is 35.7. The van der Waals surface area contributed by atoms with E-state index in [1.165, 1.54) is 4.90 Å². The van der Waals surface area contributed by atoms with Gasteiger partial charge in [0.2, 0.25) is 11.9 Å². The minimum absolute atomic E-state index is 0.0412. The van der Waals surface area contributed by atoms with Crippen LogP contribution in [0.5, 0.6) is 5.75 Å². The Morgan fingerprint density at radius 3 is 1.44 bits per heavy atom. The summed E-state index contributed by atoms with van der Waals surface area (Å²) >= 11 is 0. The molecule has 1 aliphatic rings. The van der Waals surface area contributed by atoms with E-state index in [9.17, 15) is 33.6 Å². The van der Waals surface area contributed by atoms with Gasteiger partial charge in [0, 0.05) is 18.7 Å². The van der Waals surface area contributed by atoms with Crippen LogP contribution in [0.1, 0.15) is 189 Å². The Kier molecular flexibility index (Phi) is 25.8. The third kappa shape index (κ3) is 31.1. The van der Waals surface area contributed by atoms with E-state index >= 15 is 0 Å². The monoisotopic (exact) mass is 1150 g/mol. The van der Waals surface area contributed by atoms with Crippen LogP contribution in [0, 0.1) is 0 Å². The van der Waals surface area contributed by atoms with Crippen LogP contribution in [0.3, 0.4) is 0 Å². The fourth-order valence-corrected chi connectivity index (χ4v) is 6.90. The Morgan fingerprint density at radius 1 is 0.543 bits per heavy atom. The predicted octanol–water partition coefficient (Wildman–Crippen LogP) is 11.5. The molecule has 0 saturated heterocycles. The molecular weight excluding hydrogens is 1050 g/mol. The zero-order valence-corrected chi connectivity index (χ0v) is 52.2. The molecule has 24 nitrogen and oxygen atoms in total. The second kappa shape index (κ2) is 29.7. The van der Waals surface area contributed by atoms with Crippen LogP contribution in [0.2, 0.25) is 0 Å². The fourth-order valence-electron chi connectivity index (χ4n) is 6.90. The minimum Gasteiger partial charge on any atom is -0.492 e. The molecule has 0 aromatic heterocycles. The Labute approximate surface area is 480 Å². The molecule has 0 saturated carbocycles. The largest absolute Gasteiger partial charge is 0.492 e. The van der Waals surface area contributed by atoms with E-state index in [0.29, 0.717) is 42.8 Å². The maximum atomic E-state index is 14.3. The van der Waals surface area contributed by atoms with Crippen molar-refractivity contribution in [1.82, 2.24) is 30.7 Å². The minimum atomic E-state index is -1.08. The van der Waals surface area contributed by atoms with Crippen LogP contribution in [0.4, 0.5) is 33.6 Å². The molecule has 1 atom stereocenters. The summed E-state index contributed by atoms with van der Waals surface area (Å²) in [4.78, 5) is 110. The average molecular weight is 1150 g/mol. The Hall–Kier alpha value is -6.88.